The number of amides is 1. The van der Waals surface area contributed by atoms with E-state index in [1.807, 2.05) is 0 Å². The Bertz CT molecular complexity index is 899. The minimum absolute atomic E-state index is 0.112. The summed E-state index contributed by atoms with van der Waals surface area (Å²) in [6.45, 7) is 3.44. The molecule has 0 aromatic heterocycles. The molecule has 0 bridgehead atoms. The Morgan fingerprint density at radius 3 is 2.76 bits per heavy atom. The lowest BCUT2D eigenvalue weighted by Gasteiger charge is -2.32. The number of piperidine rings is 1. The van der Waals surface area contributed by atoms with Crippen LogP contribution in [-0.2, 0) is 16.1 Å². The van der Waals surface area contributed by atoms with Crippen LogP contribution in [-0.4, -0.2) is 37.0 Å². The van der Waals surface area contributed by atoms with Crippen molar-refractivity contribution in [2.75, 3.05) is 25.5 Å². The van der Waals surface area contributed by atoms with E-state index < -0.39 is 5.97 Å². The smallest absolute Gasteiger partial charge is 0.338 e. The van der Waals surface area contributed by atoms with Crippen LogP contribution in [0, 0.1) is 18.7 Å². The van der Waals surface area contributed by atoms with E-state index >= 15 is 0 Å². The van der Waals surface area contributed by atoms with Gasteiger partial charge in [-0.1, -0.05) is 23.7 Å². The third-order valence-corrected chi connectivity index (χ3v) is 5.67. The summed E-state index contributed by atoms with van der Waals surface area (Å²) in [5, 5.41) is 3.33. The fraction of sp³-hybridized carbons (Fsp3) is 0.364. The van der Waals surface area contributed by atoms with Gasteiger partial charge in [0.15, 0.2) is 0 Å². The highest BCUT2D eigenvalue weighted by Crippen LogP contribution is 2.26. The number of rotatable bonds is 5. The average Bonchev–Trinajstić information content (AvgIpc) is 2.72. The minimum atomic E-state index is -0.441. The molecule has 1 aliphatic rings. The summed E-state index contributed by atoms with van der Waals surface area (Å²) in [5.74, 6) is -1.11. The van der Waals surface area contributed by atoms with Crippen molar-refractivity contribution in [2.45, 2.75) is 26.3 Å². The van der Waals surface area contributed by atoms with Crippen molar-refractivity contribution in [3.8, 4) is 0 Å². The fourth-order valence-corrected chi connectivity index (χ4v) is 3.88. The van der Waals surface area contributed by atoms with Crippen molar-refractivity contribution in [1.82, 2.24) is 4.90 Å². The second kappa shape index (κ2) is 9.37. The molecule has 1 fully saturated rings. The number of carbonyl (C=O) groups excluding carboxylic acids is 2. The Labute approximate surface area is 174 Å². The molecule has 1 amide bonds. The number of methoxy groups -OCH3 is 1. The van der Waals surface area contributed by atoms with Gasteiger partial charge in [0.25, 0.3) is 0 Å². The van der Waals surface area contributed by atoms with Gasteiger partial charge in [0.2, 0.25) is 5.91 Å². The Balaban J connectivity index is 1.68. The number of hydrogen-bond acceptors (Lipinski definition) is 4. The zero-order valence-electron chi connectivity index (χ0n) is 16.5. The second-order valence-corrected chi connectivity index (χ2v) is 7.64. The molecule has 1 heterocycles. The predicted octanol–water partition coefficient (Wildman–Crippen LogP) is 4.42. The van der Waals surface area contributed by atoms with Crippen molar-refractivity contribution in [1.29, 1.82) is 0 Å². The van der Waals surface area contributed by atoms with Crippen molar-refractivity contribution in [3.63, 3.8) is 0 Å². The van der Waals surface area contributed by atoms with E-state index in [1.165, 1.54) is 13.2 Å². The summed E-state index contributed by atoms with van der Waals surface area (Å²) >= 11 is 6.14. The molecule has 154 valence electrons. The Hall–Kier alpha value is -2.44. The Kier molecular flexibility index (Phi) is 6.87. The molecule has 1 N–H and O–H groups in total. The number of hydrogen-bond donors (Lipinski definition) is 1. The standard InChI is InChI=1S/C22H24ClFN2O3/c1-14-16(22(28)29-2)7-3-10-20(14)25-21(27)15-6-5-11-26(12-15)13-17-18(23)8-4-9-19(17)24/h3-4,7-10,15H,5-6,11-13H2,1-2H3,(H,25,27). The molecule has 2 aromatic carbocycles. The van der Waals surface area contributed by atoms with E-state index in [4.69, 9.17) is 16.3 Å². The number of likely N-dealkylation sites (tertiary alicyclic amines) is 1. The average molecular weight is 419 g/mol. The molecular weight excluding hydrogens is 395 g/mol. The maximum absolute atomic E-state index is 14.1. The molecule has 29 heavy (non-hydrogen) atoms. The van der Waals surface area contributed by atoms with Gasteiger partial charge < -0.3 is 10.1 Å². The number of nitrogens with zero attached hydrogens (tertiary/aromatic N) is 1. The Morgan fingerprint density at radius 2 is 2.03 bits per heavy atom. The number of anilines is 1. The van der Waals surface area contributed by atoms with Gasteiger partial charge in [-0.2, -0.15) is 0 Å². The van der Waals surface area contributed by atoms with Gasteiger partial charge in [-0.15, -0.1) is 0 Å². The van der Waals surface area contributed by atoms with Crippen molar-refractivity contribution in [3.05, 3.63) is 63.9 Å². The molecule has 7 heteroatoms. The lowest BCUT2D eigenvalue weighted by molar-refractivity contribution is -0.121. The SMILES string of the molecule is COC(=O)c1cccc(NC(=O)C2CCCN(Cc3c(F)cccc3Cl)C2)c1C. The molecule has 0 saturated carbocycles. The molecule has 0 aliphatic carbocycles. The number of benzene rings is 2. The highest BCUT2D eigenvalue weighted by Gasteiger charge is 2.27. The molecule has 5 nitrogen and oxygen atoms in total. The van der Waals surface area contributed by atoms with E-state index in [9.17, 15) is 14.0 Å². The van der Waals surface area contributed by atoms with E-state index in [2.05, 4.69) is 10.2 Å². The third-order valence-electron chi connectivity index (χ3n) is 5.32. The van der Waals surface area contributed by atoms with Crippen molar-refractivity contribution in [2.24, 2.45) is 5.92 Å². The highest BCUT2D eigenvalue weighted by atomic mass is 35.5. The van der Waals surface area contributed by atoms with E-state index in [1.54, 1.807) is 37.3 Å². The highest BCUT2D eigenvalue weighted by molar-refractivity contribution is 6.31. The van der Waals surface area contributed by atoms with Gasteiger partial charge in [0, 0.05) is 29.4 Å². The molecular formula is C22H24ClFN2O3. The normalized spacial score (nSPS) is 17.0. The number of halogens is 2. The van der Waals surface area contributed by atoms with E-state index in [0.29, 0.717) is 40.5 Å². The fourth-order valence-electron chi connectivity index (χ4n) is 3.66. The first kappa shape index (κ1) is 21.3. The molecule has 3 rings (SSSR count). The molecule has 2 aromatic rings. The first-order valence-electron chi connectivity index (χ1n) is 9.54. The first-order valence-corrected chi connectivity index (χ1v) is 9.92. The molecule has 1 saturated heterocycles. The number of esters is 1. The molecule has 1 unspecified atom stereocenters. The van der Waals surface area contributed by atoms with Crippen LogP contribution in [0.3, 0.4) is 0 Å². The summed E-state index contributed by atoms with van der Waals surface area (Å²) in [6, 6.07) is 9.79. The topological polar surface area (TPSA) is 58.6 Å². The van der Waals surface area contributed by atoms with Gasteiger partial charge in [0.1, 0.15) is 5.82 Å². The van der Waals surface area contributed by atoms with Crippen LogP contribution in [0.2, 0.25) is 5.02 Å². The maximum Gasteiger partial charge on any atom is 0.338 e. The summed E-state index contributed by atoms with van der Waals surface area (Å²) in [5.41, 5.74) is 2.13. The van der Waals surface area contributed by atoms with Gasteiger partial charge in [-0.25, -0.2) is 9.18 Å². The zero-order chi connectivity index (χ0) is 21.0. The van der Waals surface area contributed by atoms with Gasteiger partial charge in [-0.05, 0) is 56.1 Å². The number of nitrogens with one attached hydrogen (secondary N) is 1. The zero-order valence-corrected chi connectivity index (χ0v) is 17.3. The Morgan fingerprint density at radius 1 is 1.28 bits per heavy atom. The van der Waals surface area contributed by atoms with Crippen LogP contribution in [0.15, 0.2) is 36.4 Å². The van der Waals surface area contributed by atoms with E-state index in [0.717, 1.165) is 19.4 Å². The number of ether oxygens (including phenoxy) is 1. The van der Waals surface area contributed by atoms with Crippen LogP contribution in [0.5, 0.6) is 0 Å². The quantitative estimate of drug-likeness (QED) is 0.730. The van der Waals surface area contributed by atoms with Gasteiger partial charge in [0.05, 0.1) is 18.6 Å². The van der Waals surface area contributed by atoms with Crippen LogP contribution in [0.4, 0.5) is 10.1 Å². The monoisotopic (exact) mass is 418 g/mol. The lowest BCUT2D eigenvalue weighted by atomic mass is 9.96. The number of carbonyl (C=O) groups is 2. The third kappa shape index (κ3) is 4.95. The summed E-state index contributed by atoms with van der Waals surface area (Å²) < 4.78 is 18.9. The van der Waals surface area contributed by atoms with Crippen LogP contribution in [0.1, 0.15) is 34.3 Å². The van der Waals surface area contributed by atoms with Crippen LogP contribution < -0.4 is 5.32 Å². The summed E-state index contributed by atoms with van der Waals surface area (Å²) in [7, 11) is 1.32. The second-order valence-electron chi connectivity index (χ2n) is 7.23. The van der Waals surface area contributed by atoms with E-state index in [-0.39, 0.29) is 17.6 Å². The molecule has 1 atom stereocenters. The molecule has 0 radical (unpaired) electrons. The van der Waals surface area contributed by atoms with Crippen molar-refractivity contribution < 1.29 is 18.7 Å². The lowest BCUT2D eigenvalue weighted by Crippen LogP contribution is -2.40. The van der Waals surface area contributed by atoms with Crippen LogP contribution >= 0.6 is 11.6 Å². The largest absolute Gasteiger partial charge is 0.465 e. The molecule has 0 spiro atoms. The predicted molar refractivity (Wildman–Crippen MR) is 111 cm³/mol. The maximum atomic E-state index is 14.1. The summed E-state index contributed by atoms with van der Waals surface area (Å²) in [4.78, 5) is 26.8. The van der Waals surface area contributed by atoms with Crippen molar-refractivity contribution >= 4 is 29.2 Å². The van der Waals surface area contributed by atoms with Crippen LogP contribution in [0.25, 0.3) is 0 Å². The minimum Gasteiger partial charge on any atom is -0.465 e. The summed E-state index contributed by atoms with van der Waals surface area (Å²) in [6.07, 6.45) is 1.59. The first-order chi connectivity index (χ1) is 13.9. The van der Waals surface area contributed by atoms with Gasteiger partial charge in [-0.3, -0.25) is 9.69 Å². The van der Waals surface area contributed by atoms with Gasteiger partial charge >= 0.3 is 5.97 Å². The molecule has 1 aliphatic heterocycles.